The molecule has 0 spiro atoms. The third kappa shape index (κ3) is 9.30. The van der Waals surface area contributed by atoms with Gasteiger partial charge in [0, 0.05) is 6.92 Å². The van der Waals surface area contributed by atoms with Crippen molar-refractivity contribution >= 4 is 18.2 Å². The van der Waals surface area contributed by atoms with Crippen molar-refractivity contribution in [1.29, 1.82) is 0 Å². The van der Waals surface area contributed by atoms with E-state index in [1.807, 2.05) is 31.2 Å². The van der Waals surface area contributed by atoms with E-state index in [9.17, 15) is 14.4 Å². The number of likely N-dealkylation sites (tertiary alicyclic amines) is 1. The van der Waals surface area contributed by atoms with Gasteiger partial charge in [-0.3, -0.25) is 9.69 Å². The van der Waals surface area contributed by atoms with Crippen LogP contribution in [-0.4, -0.2) is 65.7 Å². The number of rotatable bonds is 7. The largest absolute Gasteiger partial charge is 0.509 e. The second kappa shape index (κ2) is 11.6. The predicted octanol–water partition coefficient (Wildman–Crippen LogP) is 4.89. The third-order valence-corrected chi connectivity index (χ3v) is 4.93. The zero-order chi connectivity index (χ0) is 26.4. The fourth-order valence-electron chi connectivity index (χ4n) is 3.65. The second-order valence-corrected chi connectivity index (χ2v) is 10.6. The van der Waals surface area contributed by atoms with Crippen LogP contribution in [0.25, 0.3) is 0 Å². The minimum atomic E-state index is -0.918. The molecule has 1 heterocycles. The molecule has 0 unspecified atom stereocenters. The molecule has 2 rings (SSSR count). The monoisotopic (exact) mass is 493 g/mol. The van der Waals surface area contributed by atoms with E-state index in [0.717, 1.165) is 17.7 Å². The Morgan fingerprint density at radius 1 is 0.943 bits per heavy atom. The lowest BCUT2D eigenvalue weighted by Crippen LogP contribution is -2.45. The van der Waals surface area contributed by atoms with Gasteiger partial charge in [-0.25, -0.2) is 9.59 Å². The van der Waals surface area contributed by atoms with E-state index in [2.05, 4.69) is 0 Å². The topological polar surface area (TPSA) is 101 Å². The molecule has 35 heavy (non-hydrogen) atoms. The summed E-state index contributed by atoms with van der Waals surface area (Å²) in [6, 6.07) is 6.88. The maximum atomic E-state index is 13.1. The van der Waals surface area contributed by atoms with Crippen molar-refractivity contribution in [2.24, 2.45) is 0 Å². The highest BCUT2D eigenvalue weighted by Gasteiger charge is 2.49. The number of amides is 1. The maximum Gasteiger partial charge on any atom is 0.509 e. The van der Waals surface area contributed by atoms with Crippen molar-refractivity contribution in [3.05, 3.63) is 29.8 Å². The van der Waals surface area contributed by atoms with Gasteiger partial charge >= 0.3 is 18.2 Å². The van der Waals surface area contributed by atoms with Crippen LogP contribution in [0.1, 0.15) is 67.4 Å². The first-order chi connectivity index (χ1) is 16.2. The zero-order valence-corrected chi connectivity index (χ0v) is 22.1. The molecule has 0 N–H and O–H groups in total. The van der Waals surface area contributed by atoms with Crippen LogP contribution < -0.4 is 4.74 Å². The van der Waals surface area contributed by atoms with Crippen molar-refractivity contribution < 1.29 is 38.1 Å². The molecule has 0 aliphatic carbocycles. The molecule has 1 aliphatic heterocycles. The predicted molar refractivity (Wildman–Crippen MR) is 129 cm³/mol. The molecule has 9 nitrogen and oxygen atoms in total. The molecule has 3 atom stereocenters. The van der Waals surface area contributed by atoms with Gasteiger partial charge in [0.25, 0.3) is 0 Å². The molecule has 1 aromatic carbocycles. The van der Waals surface area contributed by atoms with Crippen LogP contribution in [0.4, 0.5) is 9.59 Å². The second-order valence-electron chi connectivity index (χ2n) is 10.6. The number of ether oxygens (including phenoxy) is 5. The zero-order valence-electron chi connectivity index (χ0n) is 22.1. The Balaban J connectivity index is 2.33. The average molecular weight is 494 g/mol. The highest BCUT2D eigenvalue weighted by Crippen LogP contribution is 2.30. The van der Waals surface area contributed by atoms with Crippen molar-refractivity contribution in [3.8, 4) is 5.75 Å². The van der Waals surface area contributed by atoms with Crippen molar-refractivity contribution in [1.82, 2.24) is 4.90 Å². The maximum absolute atomic E-state index is 13.1. The minimum Gasteiger partial charge on any atom is -0.494 e. The standard InChI is InChI=1S/C26H39NO8/c1-9-14-31-19-12-10-18(11-13-19)15-20-22(32-17(2)28)21(33-24(30)35-26(6,7)8)16-27(20)23(29)34-25(3,4)5/h10-13,20-22H,9,14-16H2,1-8H3/t20-,21+,22+/m1/s1. The Kier molecular flexibility index (Phi) is 9.40. The number of benzene rings is 1. The van der Waals surface area contributed by atoms with Crippen molar-refractivity contribution in [3.63, 3.8) is 0 Å². The molecule has 1 fully saturated rings. The van der Waals surface area contributed by atoms with Crippen LogP contribution in [0.15, 0.2) is 24.3 Å². The van der Waals surface area contributed by atoms with E-state index in [1.165, 1.54) is 11.8 Å². The van der Waals surface area contributed by atoms with Crippen molar-refractivity contribution in [2.45, 2.75) is 97.7 Å². The third-order valence-electron chi connectivity index (χ3n) is 4.93. The number of carbonyl (C=O) groups is 3. The molecule has 1 amide bonds. The van der Waals surface area contributed by atoms with Gasteiger partial charge in [0.05, 0.1) is 19.2 Å². The van der Waals surface area contributed by atoms with Gasteiger partial charge < -0.3 is 23.7 Å². The first-order valence-electron chi connectivity index (χ1n) is 12.0. The Labute approximate surface area is 208 Å². The lowest BCUT2D eigenvalue weighted by molar-refractivity contribution is -0.153. The van der Waals surface area contributed by atoms with E-state index in [-0.39, 0.29) is 6.54 Å². The van der Waals surface area contributed by atoms with E-state index in [0.29, 0.717) is 13.0 Å². The van der Waals surface area contributed by atoms with Crippen LogP contribution in [-0.2, 0) is 30.2 Å². The summed E-state index contributed by atoms with van der Waals surface area (Å²) in [7, 11) is 0. The summed E-state index contributed by atoms with van der Waals surface area (Å²) in [6.45, 7) is 14.4. The average Bonchev–Trinajstić information content (AvgIpc) is 3.01. The highest BCUT2D eigenvalue weighted by atomic mass is 16.7. The van der Waals surface area contributed by atoms with Gasteiger partial charge in [-0.1, -0.05) is 19.1 Å². The van der Waals surface area contributed by atoms with Gasteiger partial charge in [0.15, 0.2) is 12.2 Å². The Hall–Kier alpha value is -2.97. The minimum absolute atomic E-state index is 0.00549. The normalized spacial score (nSPS) is 20.2. The summed E-state index contributed by atoms with van der Waals surface area (Å²) in [5.74, 6) is 0.195. The fourth-order valence-corrected chi connectivity index (χ4v) is 3.65. The smallest absolute Gasteiger partial charge is 0.494 e. The molecule has 0 saturated carbocycles. The van der Waals surface area contributed by atoms with E-state index in [4.69, 9.17) is 23.7 Å². The first kappa shape index (κ1) is 28.3. The molecule has 1 aliphatic rings. The Morgan fingerprint density at radius 2 is 1.54 bits per heavy atom. The number of nitrogens with zero attached hydrogens (tertiary/aromatic N) is 1. The van der Waals surface area contributed by atoms with Gasteiger partial charge in [0.1, 0.15) is 17.0 Å². The first-order valence-corrected chi connectivity index (χ1v) is 12.0. The molecule has 1 aromatic rings. The van der Waals surface area contributed by atoms with Crippen molar-refractivity contribution in [2.75, 3.05) is 13.2 Å². The molecule has 0 bridgehead atoms. The van der Waals surface area contributed by atoms with Crippen LogP contribution in [0.2, 0.25) is 0 Å². The Bertz CT molecular complexity index is 869. The number of hydrogen-bond donors (Lipinski definition) is 0. The molecule has 196 valence electrons. The number of esters is 1. The summed E-state index contributed by atoms with van der Waals surface area (Å²) in [5.41, 5.74) is -0.609. The van der Waals surface area contributed by atoms with Crippen LogP contribution in [0.5, 0.6) is 5.75 Å². The summed E-state index contributed by atoms with van der Waals surface area (Å²) >= 11 is 0. The lowest BCUT2D eigenvalue weighted by atomic mass is 10.0. The fraction of sp³-hybridized carbons (Fsp3) is 0.654. The molecular formula is C26H39NO8. The van der Waals surface area contributed by atoms with E-state index >= 15 is 0 Å². The lowest BCUT2D eigenvalue weighted by Gasteiger charge is -2.30. The molecule has 0 radical (unpaired) electrons. The van der Waals surface area contributed by atoms with E-state index < -0.39 is 47.7 Å². The van der Waals surface area contributed by atoms with Gasteiger partial charge in [0.2, 0.25) is 0 Å². The van der Waals surface area contributed by atoms with E-state index in [1.54, 1.807) is 41.5 Å². The summed E-state index contributed by atoms with van der Waals surface area (Å²) in [6.07, 6.45) is -2.06. The SMILES string of the molecule is CCCOc1ccc(C[C@@H]2[C@H](OC(C)=O)[C@@H](OC(=O)OC(C)(C)C)CN2C(=O)OC(C)(C)C)cc1. The summed E-state index contributed by atoms with van der Waals surface area (Å²) in [5, 5.41) is 0. The summed E-state index contributed by atoms with van der Waals surface area (Å²) in [4.78, 5) is 38.9. The quantitative estimate of drug-likeness (QED) is 0.391. The highest BCUT2D eigenvalue weighted by molar-refractivity contribution is 5.71. The molecular weight excluding hydrogens is 454 g/mol. The number of hydrogen-bond acceptors (Lipinski definition) is 8. The van der Waals surface area contributed by atoms with Crippen LogP contribution in [0, 0.1) is 0 Å². The summed E-state index contributed by atoms with van der Waals surface area (Å²) < 4.78 is 27.6. The number of carbonyl (C=O) groups excluding carboxylic acids is 3. The van der Waals surface area contributed by atoms with Gasteiger partial charge in [-0.05, 0) is 72.1 Å². The Morgan fingerprint density at radius 3 is 2.06 bits per heavy atom. The van der Waals surface area contributed by atoms with Gasteiger partial charge in [-0.2, -0.15) is 0 Å². The van der Waals surface area contributed by atoms with Gasteiger partial charge in [-0.15, -0.1) is 0 Å². The van der Waals surface area contributed by atoms with Crippen LogP contribution in [0.3, 0.4) is 0 Å². The molecule has 1 saturated heterocycles. The molecule has 9 heteroatoms. The molecule has 0 aromatic heterocycles. The van der Waals surface area contributed by atoms with Crippen LogP contribution >= 0.6 is 0 Å².